The molecule has 2 N–H and O–H groups in total. The highest BCUT2D eigenvalue weighted by molar-refractivity contribution is 6.05. The summed E-state index contributed by atoms with van der Waals surface area (Å²) in [6, 6.07) is 4.36. The minimum absolute atomic E-state index is 0.124. The van der Waals surface area contributed by atoms with Gasteiger partial charge in [-0.1, -0.05) is 0 Å². The van der Waals surface area contributed by atoms with Gasteiger partial charge in [0, 0.05) is 67.5 Å². The Morgan fingerprint density at radius 1 is 1.16 bits per heavy atom. The molecule has 5 rings (SSSR count). The van der Waals surface area contributed by atoms with Crippen molar-refractivity contribution in [3.05, 3.63) is 56.6 Å². The predicted octanol–water partition coefficient (Wildman–Crippen LogP) is 4.52. The number of likely N-dealkylation sites (tertiary alicyclic amines) is 1. The van der Waals surface area contributed by atoms with E-state index in [9.17, 15) is 22.8 Å². The highest BCUT2D eigenvalue weighted by Gasteiger charge is 2.39. The molecule has 1 aromatic carbocycles. The number of aryl methyl sites for hydroxylation is 3. The van der Waals surface area contributed by atoms with Gasteiger partial charge in [-0.05, 0) is 76.6 Å². The third-order valence-corrected chi connectivity index (χ3v) is 9.05. The number of hydrogen-bond acceptors (Lipinski definition) is 6. The second-order valence-electron chi connectivity index (χ2n) is 12.0. The van der Waals surface area contributed by atoms with Gasteiger partial charge in [-0.15, -0.1) is 0 Å². The number of anilines is 1. The van der Waals surface area contributed by atoms with Gasteiger partial charge in [-0.2, -0.15) is 18.3 Å². The molecule has 1 aliphatic carbocycles. The summed E-state index contributed by atoms with van der Waals surface area (Å²) in [4.78, 5) is 33.5. The van der Waals surface area contributed by atoms with Gasteiger partial charge in [0.25, 0.3) is 11.5 Å². The second kappa shape index (κ2) is 12.3. The van der Waals surface area contributed by atoms with Crippen LogP contribution in [0.15, 0.2) is 23.1 Å². The van der Waals surface area contributed by atoms with Crippen molar-refractivity contribution in [2.45, 2.75) is 84.3 Å². The zero-order chi connectivity index (χ0) is 31.1. The third kappa shape index (κ3) is 6.59. The second-order valence-corrected chi connectivity index (χ2v) is 12.0. The molecule has 12 heteroatoms. The monoisotopic (exact) mass is 602 g/mol. The first-order valence-corrected chi connectivity index (χ1v) is 15.0. The summed E-state index contributed by atoms with van der Waals surface area (Å²) in [6.45, 7) is 8.55. The minimum atomic E-state index is -4.29. The van der Waals surface area contributed by atoms with E-state index in [0.717, 1.165) is 65.6 Å². The van der Waals surface area contributed by atoms with E-state index < -0.39 is 12.8 Å². The molecule has 2 aromatic heterocycles. The van der Waals surface area contributed by atoms with Crippen LogP contribution in [0.25, 0.3) is 10.9 Å². The van der Waals surface area contributed by atoms with Crippen molar-refractivity contribution in [2.75, 3.05) is 31.1 Å². The Balaban J connectivity index is 1.31. The molecule has 1 saturated heterocycles. The number of alkyl halides is 3. The number of ether oxygens (including phenoxy) is 1. The van der Waals surface area contributed by atoms with Crippen LogP contribution in [0.4, 0.5) is 18.9 Å². The Morgan fingerprint density at radius 3 is 2.49 bits per heavy atom. The molecule has 3 heterocycles. The van der Waals surface area contributed by atoms with Crippen LogP contribution >= 0.6 is 0 Å². The number of H-pyrrole nitrogens is 1. The summed E-state index contributed by atoms with van der Waals surface area (Å²) in [5.74, 6) is -0.249. The van der Waals surface area contributed by atoms with Crippen molar-refractivity contribution < 1.29 is 22.7 Å². The smallest absolute Gasteiger partial charge is 0.368 e. The van der Waals surface area contributed by atoms with Crippen LogP contribution in [0.1, 0.15) is 65.3 Å². The van der Waals surface area contributed by atoms with Crippen molar-refractivity contribution in [2.24, 2.45) is 7.05 Å². The number of pyridine rings is 1. The fraction of sp³-hybridized carbons (Fsp3) is 0.581. The lowest BCUT2D eigenvalue weighted by atomic mass is 9.86. The number of hydrogen-bond donors (Lipinski definition) is 2. The maximum atomic E-state index is 13.6. The summed E-state index contributed by atoms with van der Waals surface area (Å²) < 4.78 is 44.2. The van der Waals surface area contributed by atoms with E-state index in [1.54, 1.807) is 4.68 Å². The molecule has 0 radical (unpaired) electrons. The van der Waals surface area contributed by atoms with Crippen molar-refractivity contribution in [1.29, 1.82) is 0 Å². The lowest BCUT2D eigenvalue weighted by molar-refractivity contribution is -0.202. The first-order valence-electron chi connectivity index (χ1n) is 15.0. The quantitative estimate of drug-likeness (QED) is 0.374. The fourth-order valence-corrected chi connectivity index (χ4v) is 6.77. The van der Waals surface area contributed by atoms with E-state index in [-0.39, 0.29) is 30.2 Å². The molecule has 2 aliphatic rings. The molecule has 0 atom stereocenters. The van der Waals surface area contributed by atoms with E-state index in [1.807, 2.05) is 46.1 Å². The third-order valence-electron chi connectivity index (χ3n) is 9.05. The van der Waals surface area contributed by atoms with Crippen LogP contribution in [0.5, 0.6) is 0 Å². The molecule has 1 aliphatic heterocycles. The molecule has 3 aromatic rings. The van der Waals surface area contributed by atoms with Crippen LogP contribution in [0.2, 0.25) is 0 Å². The van der Waals surface area contributed by atoms with Gasteiger partial charge in [0.1, 0.15) is 6.61 Å². The fourth-order valence-electron chi connectivity index (χ4n) is 6.77. The van der Waals surface area contributed by atoms with Crippen molar-refractivity contribution in [3.63, 3.8) is 0 Å². The summed E-state index contributed by atoms with van der Waals surface area (Å²) in [5.41, 5.74) is 5.20. The van der Waals surface area contributed by atoms with Crippen molar-refractivity contribution >= 4 is 22.5 Å². The first-order chi connectivity index (χ1) is 20.4. The number of halogens is 3. The van der Waals surface area contributed by atoms with Gasteiger partial charge in [-0.25, -0.2) is 0 Å². The number of carbonyl (C=O) groups excluding carboxylic acids is 1. The van der Waals surface area contributed by atoms with Crippen LogP contribution in [-0.4, -0.2) is 76.2 Å². The number of carbonyl (C=O) groups is 1. The Morgan fingerprint density at radius 2 is 1.86 bits per heavy atom. The number of benzene rings is 1. The summed E-state index contributed by atoms with van der Waals surface area (Å²) in [5, 5.41) is 8.45. The van der Waals surface area contributed by atoms with E-state index >= 15 is 0 Å². The Bertz CT molecular complexity index is 1530. The molecular formula is C31H41F3N6O3. The maximum Gasteiger partial charge on any atom is 0.411 e. The number of amides is 1. The normalized spacial score (nSPS) is 19.9. The molecule has 2 fully saturated rings. The number of fused-ring (bicyclic) bond motifs is 1. The molecule has 9 nitrogen and oxygen atoms in total. The van der Waals surface area contributed by atoms with Gasteiger partial charge in [0.05, 0.1) is 23.5 Å². The highest BCUT2D eigenvalue weighted by atomic mass is 19.4. The molecule has 0 bridgehead atoms. The van der Waals surface area contributed by atoms with Crippen molar-refractivity contribution in [3.8, 4) is 0 Å². The van der Waals surface area contributed by atoms with Gasteiger partial charge in [-0.3, -0.25) is 19.2 Å². The summed E-state index contributed by atoms with van der Waals surface area (Å²) >= 11 is 0. The SMILES string of the molecule is CCN(c1c(C)c(C(=O)NCc2c(C)cc(C)[nH]c2=O)cc2c1cnn2C)C1CCC(N2CC(OCC(F)(F)F)C2)CC1. The number of aromatic nitrogens is 3. The van der Waals surface area contributed by atoms with Crippen LogP contribution in [0.3, 0.4) is 0 Å². The van der Waals surface area contributed by atoms with E-state index in [1.165, 1.54) is 0 Å². The molecule has 1 saturated carbocycles. The summed E-state index contributed by atoms with van der Waals surface area (Å²) in [7, 11) is 1.86. The Kier molecular flexibility index (Phi) is 8.89. The molecule has 1 amide bonds. The molecule has 0 spiro atoms. The van der Waals surface area contributed by atoms with Gasteiger partial charge in [0.15, 0.2) is 0 Å². The van der Waals surface area contributed by atoms with Gasteiger partial charge in [0.2, 0.25) is 0 Å². The molecule has 234 valence electrons. The van der Waals surface area contributed by atoms with Gasteiger partial charge >= 0.3 is 6.18 Å². The summed E-state index contributed by atoms with van der Waals surface area (Å²) in [6.07, 6.45) is 0.989. The van der Waals surface area contributed by atoms with Crippen molar-refractivity contribution in [1.82, 2.24) is 25.0 Å². The van der Waals surface area contributed by atoms with E-state index in [2.05, 4.69) is 32.1 Å². The average Bonchev–Trinajstić information content (AvgIpc) is 3.28. The molecular weight excluding hydrogens is 561 g/mol. The first kappa shape index (κ1) is 31.1. The minimum Gasteiger partial charge on any atom is -0.368 e. The van der Waals surface area contributed by atoms with E-state index in [0.29, 0.717) is 30.3 Å². The Labute approximate surface area is 249 Å². The standard InChI is InChI=1S/C31H41F3N6O3/c1-6-40(22-9-7-21(8-10-22)39-15-23(16-39)43-17-31(32,33)34)28-20(4)24(12-27-26(28)14-36-38(27)5)29(41)35-13-25-18(2)11-19(3)37-30(25)42/h11-12,14,21-23H,6-10,13,15-17H2,1-5H3,(H,35,41)(H,37,42). The number of rotatable bonds is 9. The maximum absolute atomic E-state index is 13.6. The van der Waals surface area contributed by atoms with E-state index in [4.69, 9.17) is 4.74 Å². The lowest BCUT2D eigenvalue weighted by Gasteiger charge is -2.47. The largest absolute Gasteiger partial charge is 0.411 e. The zero-order valence-corrected chi connectivity index (χ0v) is 25.5. The Hall–Kier alpha value is -3.38. The number of nitrogens with one attached hydrogen (secondary N) is 2. The van der Waals surface area contributed by atoms with Crippen LogP contribution in [-0.2, 0) is 18.3 Å². The zero-order valence-electron chi connectivity index (χ0n) is 25.5. The average molecular weight is 603 g/mol. The van der Waals surface area contributed by atoms with Gasteiger partial charge < -0.3 is 19.9 Å². The highest BCUT2D eigenvalue weighted by Crippen LogP contribution is 2.38. The van der Waals surface area contributed by atoms with Crippen LogP contribution in [0, 0.1) is 20.8 Å². The van der Waals surface area contributed by atoms with Crippen LogP contribution < -0.4 is 15.8 Å². The molecule has 0 unspecified atom stereocenters. The number of aromatic amines is 1. The number of nitrogens with zero attached hydrogens (tertiary/aromatic N) is 4. The lowest BCUT2D eigenvalue weighted by Crippen LogP contribution is -2.58. The topological polar surface area (TPSA) is 95.5 Å². The predicted molar refractivity (Wildman–Crippen MR) is 160 cm³/mol. The molecule has 43 heavy (non-hydrogen) atoms.